The van der Waals surface area contributed by atoms with Crippen LogP contribution in [0.3, 0.4) is 0 Å². The number of aliphatic imine (C=N–C) groups is 1. The molecule has 1 amide bonds. The predicted molar refractivity (Wildman–Crippen MR) is 110 cm³/mol. The quantitative estimate of drug-likeness (QED) is 0.328. The summed E-state index contributed by atoms with van der Waals surface area (Å²) in [7, 11) is 0. The summed E-state index contributed by atoms with van der Waals surface area (Å²) in [6.07, 6.45) is 3.58. The molecule has 2 rings (SSSR count). The largest absolute Gasteiger partial charge is 0.357 e. The molecule has 1 fully saturated rings. The third kappa shape index (κ3) is 7.51. The summed E-state index contributed by atoms with van der Waals surface area (Å²) in [6.45, 7) is 7.21. The van der Waals surface area contributed by atoms with Gasteiger partial charge in [0.1, 0.15) is 0 Å². The second kappa shape index (κ2) is 11.3. The number of halogens is 1. The molecule has 0 aromatic heterocycles. The molecule has 134 valence electrons. The molecular formula is C18H29IN4O. The van der Waals surface area contributed by atoms with Crippen molar-refractivity contribution in [1.82, 2.24) is 16.0 Å². The first-order valence-corrected chi connectivity index (χ1v) is 8.62. The monoisotopic (exact) mass is 444 g/mol. The SMILES string of the molecule is CCCNC(=O)c1cccc(CN=C(NCC)NCC2CC2)c1.I. The van der Waals surface area contributed by atoms with Gasteiger partial charge in [-0.15, -0.1) is 24.0 Å². The highest BCUT2D eigenvalue weighted by Gasteiger charge is 2.21. The van der Waals surface area contributed by atoms with Crippen LogP contribution in [0.4, 0.5) is 0 Å². The van der Waals surface area contributed by atoms with E-state index in [2.05, 4.69) is 27.9 Å². The first-order chi connectivity index (χ1) is 11.2. The molecule has 1 saturated carbocycles. The van der Waals surface area contributed by atoms with Crippen molar-refractivity contribution in [3.63, 3.8) is 0 Å². The van der Waals surface area contributed by atoms with Crippen LogP contribution in [-0.2, 0) is 6.54 Å². The molecule has 6 heteroatoms. The van der Waals surface area contributed by atoms with Crippen LogP contribution >= 0.6 is 24.0 Å². The first-order valence-electron chi connectivity index (χ1n) is 8.62. The second-order valence-corrected chi connectivity index (χ2v) is 5.98. The summed E-state index contributed by atoms with van der Waals surface area (Å²) < 4.78 is 0. The predicted octanol–water partition coefficient (Wildman–Crippen LogP) is 2.91. The Bertz CT molecular complexity index is 544. The highest BCUT2D eigenvalue weighted by molar-refractivity contribution is 14.0. The number of benzene rings is 1. The number of hydrogen-bond donors (Lipinski definition) is 3. The van der Waals surface area contributed by atoms with Gasteiger partial charge in [-0.2, -0.15) is 0 Å². The number of nitrogens with one attached hydrogen (secondary N) is 3. The van der Waals surface area contributed by atoms with E-state index in [0.29, 0.717) is 18.7 Å². The molecule has 3 N–H and O–H groups in total. The number of amides is 1. The lowest BCUT2D eigenvalue weighted by molar-refractivity contribution is 0.0953. The average Bonchev–Trinajstić information content (AvgIpc) is 3.40. The zero-order valence-electron chi connectivity index (χ0n) is 14.6. The zero-order chi connectivity index (χ0) is 16.5. The number of nitrogens with zero attached hydrogens (tertiary/aromatic N) is 1. The van der Waals surface area contributed by atoms with Gasteiger partial charge in [-0.3, -0.25) is 4.79 Å². The van der Waals surface area contributed by atoms with Gasteiger partial charge in [0.05, 0.1) is 6.54 Å². The molecule has 5 nitrogen and oxygen atoms in total. The molecule has 0 spiro atoms. The molecule has 0 unspecified atom stereocenters. The number of carbonyl (C=O) groups excluding carboxylic acids is 1. The van der Waals surface area contributed by atoms with E-state index in [4.69, 9.17) is 0 Å². The topological polar surface area (TPSA) is 65.5 Å². The molecule has 0 saturated heterocycles. The third-order valence-electron chi connectivity index (χ3n) is 3.74. The van der Waals surface area contributed by atoms with Gasteiger partial charge in [0.25, 0.3) is 5.91 Å². The fourth-order valence-corrected chi connectivity index (χ4v) is 2.23. The minimum atomic E-state index is -0.0172. The van der Waals surface area contributed by atoms with Crippen molar-refractivity contribution in [1.29, 1.82) is 0 Å². The Kier molecular flexibility index (Phi) is 9.75. The normalized spacial score (nSPS) is 13.8. The molecule has 0 aliphatic heterocycles. The van der Waals surface area contributed by atoms with Gasteiger partial charge >= 0.3 is 0 Å². The van der Waals surface area contributed by atoms with E-state index in [1.54, 1.807) is 0 Å². The van der Waals surface area contributed by atoms with E-state index in [-0.39, 0.29) is 29.9 Å². The lowest BCUT2D eigenvalue weighted by Gasteiger charge is -2.11. The highest BCUT2D eigenvalue weighted by atomic mass is 127. The van der Waals surface area contributed by atoms with Crippen molar-refractivity contribution >= 4 is 35.8 Å². The van der Waals surface area contributed by atoms with Gasteiger partial charge in [-0.25, -0.2) is 4.99 Å². The van der Waals surface area contributed by atoms with Crippen molar-refractivity contribution in [2.45, 2.75) is 39.7 Å². The average molecular weight is 444 g/mol. The minimum absolute atomic E-state index is 0. The van der Waals surface area contributed by atoms with Crippen molar-refractivity contribution in [2.24, 2.45) is 10.9 Å². The number of guanidine groups is 1. The molecular weight excluding hydrogens is 415 g/mol. The van der Waals surface area contributed by atoms with Gasteiger partial charge in [0.2, 0.25) is 0 Å². The van der Waals surface area contributed by atoms with E-state index in [0.717, 1.165) is 37.0 Å². The Balaban J connectivity index is 0.00000288. The van der Waals surface area contributed by atoms with Crippen LogP contribution in [0.25, 0.3) is 0 Å². The van der Waals surface area contributed by atoms with E-state index in [1.165, 1.54) is 12.8 Å². The smallest absolute Gasteiger partial charge is 0.251 e. The Morgan fingerprint density at radius 3 is 2.67 bits per heavy atom. The maximum Gasteiger partial charge on any atom is 0.251 e. The summed E-state index contributed by atoms with van der Waals surface area (Å²) in [5, 5.41) is 9.54. The Labute approximate surface area is 162 Å². The fraction of sp³-hybridized carbons (Fsp3) is 0.556. The van der Waals surface area contributed by atoms with Gasteiger partial charge in [-0.05, 0) is 49.8 Å². The van der Waals surface area contributed by atoms with Gasteiger partial charge in [0, 0.05) is 25.2 Å². The van der Waals surface area contributed by atoms with E-state index in [9.17, 15) is 4.79 Å². The van der Waals surface area contributed by atoms with Crippen molar-refractivity contribution in [3.8, 4) is 0 Å². The van der Waals surface area contributed by atoms with Crippen LogP contribution in [0.15, 0.2) is 29.3 Å². The molecule has 1 aliphatic carbocycles. The number of carbonyl (C=O) groups is 1. The molecule has 0 bridgehead atoms. The van der Waals surface area contributed by atoms with E-state index < -0.39 is 0 Å². The van der Waals surface area contributed by atoms with Crippen molar-refractivity contribution in [2.75, 3.05) is 19.6 Å². The Hall–Kier alpha value is -1.31. The van der Waals surface area contributed by atoms with Crippen molar-refractivity contribution in [3.05, 3.63) is 35.4 Å². The lowest BCUT2D eigenvalue weighted by Crippen LogP contribution is -2.38. The fourth-order valence-electron chi connectivity index (χ4n) is 2.23. The van der Waals surface area contributed by atoms with Gasteiger partial charge in [0.15, 0.2) is 5.96 Å². The van der Waals surface area contributed by atoms with Gasteiger partial charge < -0.3 is 16.0 Å². The minimum Gasteiger partial charge on any atom is -0.357 e. The van der Waals surface area contributed by atoms with E-state index >= 15 is 0 Å². The standard InChI is InChI=1S/C18H28N4O.HI/c1-3-10-20-17(23)16-7-5-6-15(11-16)13-22-18(19-4-2)21-12-14-8-9-14;/h5-7,11,14H,3-4,8-10,12-13H2,1-2H3,(H,20,23)(H2,19,21,22);1H. The van der Waals surface area contributed by atoms with Crippen LogP contribution in [-0.4, -0.2) is 31.5 Å². The lowest BCUT2D eigenvalue weighted by atomic mass is 10.1. The molecule has 1 aliphatic rings. The zero-order valence-corrected chi connectivity index (χ0v) is 16.9. The number of rotatable bonds is 8. The van der Waals surface area contributed by atoms with Crippen LogP contribution in [0.1, 0.15) is 49.0 Å². The number of hydrogen-bond acceptors (Lipinski definition) is 2. The van der Waals surface area contributed by atoms with Crippen LogP contribution in [0.5, 0.6) is 0 Å². The summed E-state index contributed by atoms with van der Waals surface area (Å²) in [6, 6.07) is 7.68. The Morgan fingerprint density at radius 1 is 1.21 bits per heavy atom. The summed E-state index contributed by atoms with van der Waals surface area (Å²) in [4.78, 5) is 16.6. The van der Waals surface area contributed by atoms with Crippen LogP contribution in [0.2, 0.25) is 0 Å². The van der Waals surface area contributed by atoms with Crippen LogP contribution in [0, 0.1) is 5.92 Å². The molecule has 1 aromatic rings. The highest BCUT2D eigenvalue weighted by Crippen LogP contribution is 2.27. The molecule has 1 aromatic carbocycles. The van der Waals surface area contributed by atoms with E-state index in [1.807, 2.05) is 31.2 Å². The summed E-state index contributed by atoms with van der Waals surface area (Å²) in [5.41, 5.74) is 1.74. The summed E-state index contributed by atoms with van der Waals surface area (Å²) >= 11 is 0. The first kappa shape index (κ1) is 20.7. The van der Waals surface area contributed by atoms with Gasteiger partial charge in [-0.1, -0.05) is 19.1 Å². The molecule has 0 radical (unpaired) electrons. The molecule has 0 heterocycles. The Morgan fingerprint density at radius 2 is 2.00 bits per heavy atom. The molecule has 0 atom stereocenters. The van der Waals surface area contributed by atoms with Crippen molar-refractivity contribution < 1.29 is 4.79 Å². The maximum atomic E-state index is 12.0. The van der Waals surface area contributed by atoms with Crippen LogP contribution < -0.4 is 16.0 Å². The second-order valence-electron chi connectivity index (χ2n) is 5.98. The summed E-state index contributed by atoms with van der Waals surface area (Å²) in [5.74, 6) is 1.64. The molecule has 24 heavy (non-hydrogen) atoms. The third-order valence-corrected chi connectivity index (χ3v) is 3.74. The maximum absolute atomic E-state index is 12.0.